The molecule has 35 heavy (non-hydrogen) atoms. The molecule has 0 bridgehead atoms. The van der Waals surface area contributed by atoms with Crippen LogP contribution in [0.5, 0.6) is 0 Å². The van der Waals surface area contributed by atoms with Crippen LogP contribution in [0.15, 0.2) is 12.4 Å². The minimum atomic E-state index is -0.427. The van der Waals surface area contributed by atoms with Crippen molar-refractivity contribution in [3.8, 4) is 0 Å². The molecule has 2 aliphatic rings. The van der Waals surface area contributed by atoms with Gasteiger partial charge >= 0.3 is 0 Å². The fraction of sp³-hybridized carbons (Fsp3) is 0.720. The van der Waals surface area contributed by atoms with Gasteiger partial charge in [-0.05, 0) is 46.5 Å². The summed E-state index contributed by atoms with van der Waals surface area (Å²) in [6.07, 6.45) is 4.56. The van der Waals surface area contributed by atoms with Gasteiger partial charge in [-0.2, -0.15) is 9.61 Å². The van der Waals surface area contributed by atoms with E-state index in [1.165, 1.54) is 6.33 Å². The van der Waals surface area contributed by atoms with Gasteiger partial charge in [-0.25, -0.2) is 9.97 Å². The zero-order valence-electron chi connectivity index (χ0n) is 22.8. The second-order valence-electron chi connectivity index (χ2n) is 11.9. The Bertz CT molecular complexity index is 1110. The summed E-state index contributed by atoms with van der Waals surface area (Å²) >= 11 is 0. The molecular weight excluding hydrogens is 444 g/mol. The molecule has 0 spiro atoms. The Kier molecular flexibility index (Phi) is 6.41. The number of amides is 2. The van der Waals surface area contributed by atoms with Gasteiger partial charge in [0.05, 0.1) is 17.8 Å². The van der Waals surface area contributed by atoms with Crippen LogP contribution in [0.1, 0.15) is 81.2 Å². The zero-order chi connectivity index (χ0) is 26.3. The van der Waals surface area contributed by atoms with Gasteiger partial charge in [0, 0.05) is 37.9 Å². The van der Waals surface area contributed by atoms with E-state index < -0.39 is 6.04 Å². The van der Waals surface area contributed by atoms with Crippen LogP contribution in [0.2, 0.25) is 0 Å². The molecule has 192 valence electrons. The average molecular weight is 487 g/mol. The van der Waals surface area contributed by atoms with Gasteiger partial charge in [-0.1, -0.05) is 20.8 Å². The van der Waals surface area contributed by atoms with E-state index in [9.17, 15) is 9.59 Å². The van der Waals surface area contributed by atoms with E-state index in [0.29, 0.717) is 24.6 Å². The zero-order valence-corrected chi connectivity index (χ0v) is 21.8. The lowest BCUT2D eigenvalue weighted by Crippen LogP contribution is -2.59. The quantitative estimate of drug-likeness (QED) is 0.593. The number of hydrogen-bond acceptors (Lipinski definition) is 7. The van der Waals surface area contributed by atoms with Gasteiger partial charge in [0.15, 0.2) is 5.65 Å². The van der Waals surface area contributed by atoms with Crippen LogP contribution in [0.4, 0.5) is 5.95 Å². The minimum absolute atomic E-state index is 0.00214. The summed E-state index contributed by atoms with van der Waals surface area (Å²) in [7, 11) is 0. The molecule has 1 saturated carbocycles. The fourth-order valence-electron chi connectivity index (χ4n) is 5.24. The first-order valence-corrected chi connectivity index (χ1v) is 12.5. The summed E-state index contributed by atoms with van der Waals surface area (Å²) < 4.78 is 9.13. The minimum Gasteiger partial charge on any atom is -0.351 e. The summed E-state index contributed by atoms with van der Waals surface area (Å²) in [4.78, 5) is 36.3. The number of likely N-dealkylation sites (tertiary alicyclic amines) is 1. The molecule has 1 aliphatic heterocycles. The SMILES string of the molecule is [3H]CC(=O)N[C@@H]1C[C@H](NC(C)(C)C)CC[C@@H]1N1CC[C@H](Nc2ncnc3cc(C(C)(C)C)nn23)C1=O. The van der Waals surface area contributed by atoms with Crippen molar-refractivity contribution in [3.63, 3.8) is 0 Å². The lowest BCUT2D eigenvalue weighted by molar-refractivity contribution is -0.132. The van der Waals surface area contributed by atoms with Gasteiger partial charge in [-0.15, -0.1) is 0 Å². The summed E-state index contributed by atoms with van der Waals surface area (Å²) in [5.74, 6) is 0.189. The van der Waals surface area contributed by atoms with Crippen molar-refractivity contribution in [2.75, 3.05) is 11.9 Å². The van der Waals surface area contributed by atoms with Gasteiger partial charge in [0.25, 0.3) is 0 Å². The van der Waals surface area contributed by atoms with Crippen molar-refractivity contribution in [1.82, 2.24) is 35.1 Å². The van der Waals surface area contributed by atoms with E-state index in [4.69, 9.17) is 1.37 Å². The van der Waals surface area contributed by atoms with Crippen molar-refractivity contribution in [1.29, 1.82) is 0 Å². The van der Waals surface area contributed by atoms with Crippen LogP contribution in [0.25, 0.3) is 5.65 Å². The Morgan fingerprint density at radius 2 is 1.91 bits per heavy atom. The van der Waals surface area contributed by atoms with E-state index >= 15 is 0 Å². The smallest absolute Gasteiger partial charge is 0.245 e. The molecule has 1 aliphatic carbocycles. The molecule has 2 amide bonds. The van der Waals surface area contributed by atoms with E-state index in [1.54, 1.807) is 4.52 Å². The van der Waals surface area contributed by atoms with E-state index in [2.05, 4.69) is 72.6 Å². The third-order valence-electron chi connectivity index (χ3n) is 6.77. The number of aromatic nitrogens is 4. The normalized spacial score (nSPS) is 26.2. The summed E-state index contributed by atoms with van der Waals surface area (Å²) in [5, 5.41) is 14.6. The summed E-state index contributed by atoms with van der Waals surface area (Å²) in [6.45, 7) is 13.0. The van der Waals surface area contributed by atoms with Crippen molar-refractivity contribution in [3.05, 3.63) is 18.1 Å². The molecule has 10 nitrogen and oxygen atoms in total. The highest BCUT2D eigenvalue weighted by atomic mass is 16.2. The number of fused-ring (bicyclic) bond motifs is 1. The predicted octanol–water partition coefficient (Wildman–Crippen LogP) is 2.25. The van der Waals surface area contributed by atoms with E-state index in [-0.39, 0.29) is 47.8 Å². The van der Waals surface area contributed by atoms with Crippen molar-refractivity contribution in [2.45, 2.75) is 109 Å². The standard InChI is InChI=1S/C25H40N8O2/c1-15(34)28-18-12-16(30-25(5,6)7)8-9-19(18)32-11-10-17(22(32)35)29-23-27-14-26-21-13-20(24(2,3)4)31-33(21)23/h13-14,16-19,30H,8-12H2,1-7H3,(H,28,34)(H,26,27,29)/t16-,17+,18-,19+/m1/s1/i1T. The van der Waals surface area contributed by atoms with E-state index in [0.717, 1.165) is 25.0 Å². The van der Waals surface area contributed by atoms with Crippen LogP contribution < -0.4 is 16.0 Å². The van der Waals surface area contributed by atoms with E-state index in [1.807, 2.05) is 11.0 Å². The molecule has 3 heterocycles. The first-order valence-electron chi connectivity index (χ1n) is 13.2. The number of carbonyl (C=O) groups is 2. The van der Waals surface area contributed by atoms with Gasteiger partial charge in [-0.3, -0.25) is 9.59 Å². The molecule has 3 N–H and O–H groups in total. The molecular formula is C25H40N8O2. The molecule has 0 aromatic carbocycles. The molecule has 2 fully saturated rings. The van der Waals surface area contributed by atoms with Gasteiger partial charge in [0.1, 0.15) is 12.4 Å². The predicted molar refractivity (Wildman–Crippen MR) is 135 cm³/mol. The Hall–Kier alpha value is -2.75. The number of hydrogen-bond donors (Lipinski definition) is 3. The number of rotatable bonds is 5. The Balaban J connectivity index is 1.49. The molecule has 10 heteroatoms. The number of carbonyl (C=O) groups excluding carboxylic acids is 2. The van der Waals surface area contributed by atoms with Gasteiger partial charge in [0.2, 0.25) is 17.8 Å². The second kappa shape index (κ2) is 9.37. The van der Waals surface area contributed by atoms with Crippen LogP contribution in [-0.4, -0.2) is 72.5 Å². The largest absolute Gasteiger partial charge is 0.351 e. The highest BCUT2D eigenvalue weighted by Crippen LogP contribution is 2.30. The lowest BCUT2D eigenvalue weighted by atomic mass is 9.84. The molecule has 2 aromatic heterocycles. The first-order chi connectivity index (χ1) is 16.9. The Labute approximate surface area is 209 Å². The molecule has 1 saturated heterocycles. The molecule has 2 aromatic rings. The Morgan fingerprint density at radius 1 is 1.14 bits per heavy atom. The van der Waals surface area contributed by atoms with Crippen molar-refractivity contribution < 1.29 is 11.0 Å². The van der Waals surface area contributed by atoms with Gasteiger partial charge < -0.3 is 20.9 Å². The second-order valence-corrected chi connectivity index (χ2v) is 11.9. The maximum atomic E-state index is 13.5. The summed E-state index contributed by atoms with van der Waals surface area (Å²) in [6, 6.07) is 1.48. The fourth-order valence-corrected chi connectivity index (χ4v) is 5.24. The highest BCUT2D eigenvalue weighted by molar-refractivity contribution is 5.87. The highest BCUT2D eigenvalue weighted by Gasteiger charge is 2.42. The lowest BCUT2D eigenvalue weighted by Gasteiger charge is -2.43. The number of nitrogens with one attached hydrogen (secondary N) is 3. The Morgan fingerprint density at radius 3 is 2.60 bits per heavy atom. The van der Waals surface area contributed by atoms with Crippen molar-refractivity contribution in [2.24, 2.45) is 0 Å². The van der Waals surface area contributed by atoms with Crippen LogP contribution in [0, 0.1) is 0 Å². The maximum Gasteiger partial charge on any atom is 0.245 e. The van der Waals surface area contributed by atoms with Crippen LogP contribution in [0.3, 0.4) is 0 Å². The van der Waals surface area contributed by atoms with Crippen LogP contribution in [-0.2, 0) is 15.0 Å². The van der Waals surface area contributed by atoms with Crippen molar-refractivity contribution >= 4 is 23.4 Å². The molecule has 0 unspecified atom stereocenters. The summed E-state index contributed by atoms with van der Waals surface area (Å²) in [5.41, 5.74) is 1.41. The third-order valence-corrected chi connectivity index (χ3v) is 6.77. The topological polar surface area (TPSA) is 117 Å². The van der Waals surface area contributed by atoms with Crippen LogP contribution >= 0.6 is 0 Å². The molecule has 4 rings (SSSR count). The maximum absolute atomic E-state index is 13.5. The molecule has 0 radical (unpaired) electrons. The number of anilines is 1. The molecule has 4 atom stereocenters. The first kappa shape index (κ1) is 24.0. The average Bonchev–Trinajstić information content (AvgIpc) is 3.38. The number of nitrogens with zero attached hydrogens (tertiary/aromatic N) is 5. The monoisotopic (exact) mass is 486 g/mol. The third kappa shape index (κ3) is 5.74.